The first-order chi connectivity index (χ1) is 12.9. The van der Waals surface area contributed by atoms with Crippen LogP contribution in [0.15, 0.2) is 61.2 Å². The Morgan fingerprint density at radius 3 is 2.56 bits per heavy atom. The molecule has 4 rings (SSSR count). The Hall–Kier alpha value is -2.18. The second kappa shape index (κ2) is 7.09. The highest BCUT2D eigenvalue weighted by atomic mass is 35.5. The van der Waals surface area contributed by atoms with Crippen LogP contribution in [0.1, 0.15) is 33.6 Å². The Bertz CT molecular complexity index is 1030. The molecule has 0 radical (unpaired) electrons. The monoisotopic (exact) mass is 398 g/mol. The maximum absolute atomic E-state index is 5.92. The first-order valence-electron chi connectivity index (χ1n) is 8.71. The fourth-order valence-electron chi connectivity index (χ4n) is 3.12. The van der Waals surface area contributed by atoms with Gasteiger partial charge in [0.25, 0.3) is 0 Å². The molecule has 1 atom stereocenters. The van der Waals surface area contributed by atoms with Crippen LogP contribution in [0.25, 0.3) is 11.4 Å². The molecule has 2 aromatic rings. The molecule has 0 amide bonds. The van der Waals surface area contributed by atoms with Crippen LogP contribution in [0.3, 0.4) is 0 Å². The Balaban J connectivity index is 1.49. The number of rotatable bonds is 3. The molecule has 7 heteroatoms. The minimum absolute atomic E-state index is 0.407. The van der Waals surface area contributed by atoms with Crippen molar-refractivity contribution in [1.29, 1.82) is 0 Å². The van der Waals surface area contributed by atoms with E-state index in [-0.39, 0.29) is 0 Å². The van der Waals surface area contributed by atoms with Gasteiger partial charge in [-0.25, -0.2) is 9.98 Å². The van der Waals surface area contributed by atoms with Crippen molar-refractivity contribution in [3.63, 3.8) is 0 Å². The zero-order valence-corrected chi connectivity index (χ0v) is 17.1. The quantitative estimate of drug-likeness (QED) is 0.665. The molecule has 138 valence electrons. The van der Waals surface area contributed by atoms with E-state index in [1.54, 1.807) is 0 Å². The molecule has 27 heavy (non-hydrogen) atoms. The van der Waals surface area contributed by atoms with E-state index in [2.05, 4.69) is 37.8 Å². The van der Waals surface area contributed by atoms with Crippen molar-refractivity contribution in [2.45, 2.75) is 33.4 Å². The zero-order chi connectivity index (χ0) is 19.1. The SMILES string of the molecule is CC1=C(C)C(C)C(C)=C2N=C(SCc3nc(-c4ccc(Cl)cc4)no3)N=C12. The van der Waals surface area contributed by atoms with Crippen LogP contribution in [0.4, 0.5) is 0 Å². The van der Waals surface area contributed by atoms with Crippen LogP contribution in [0.2, 0.25) is 5.02 Å². The number of hydrogen-bond donors (Lipinski definition) is 0. The summed E-state index contributed by atoms with van der Waals surface area (Å²) in [6.07, 6.45) is 0. The van der Waals surface area contributed by atoms with Crippen LogP contribution >= 0.6 is 23.4 Å². The number of nitrogens with zero attached hydrogens (tertiary/aromatic N) is 4. The normalized spacial score (nSPS) is 19.4. The Labute approximate surface area is 167 Å². The molecule has 0 bridgehead atoms. The summed E-state index contributed by atoms with van der Waals surface area (Å²) < 4.78 is 5.36. The molecule has 1 aliphatic carbocycles. The third-order valence-electron chi connectivity index (χ3n) is 5.15. The smallest absolute Gasteiger partial charge is 0.237 e. The van der Waals surface area contributed by atoms with Gasteiger partial charge in [-0.05, 0) is 56.2 Å². The minimum Gasteiger partial charge on any atom is -0.338 e. The second-order valence-electron chi connectivity index (χ2n) is 6.72. The van der Waals surface area contributed by atoms with Gasteiger partial charge in [-0.3, -0.25) is 0 Å². The summed E-state index contributed by atoms with van der Waals surface area (Å²) in [7, 11) is 0. The molecule has 0 saturated carbocycles. The maximum Gasteiger partial charge on any atom is 0.237 e. The van der Waals surface area contributed by atoms with E-state index < -0.39 is 0 Å². The van der Waals surface area contributed by atoms with E-state index in [0.717, 1.165) is 22.1 Å². The van der Waals surface area contributed by atoms with Gasteiger partial charge in [0, 0.05) is 16.5 Å². The molecule has 0 fully saturated rings. The molecule has 2 heterocycles. The summed E-state index contributed by atoms with van der Waals surface area (Å²) in [6.45, 7) is 8.65. The lowest BCUT2D eigenvalue weighted by atomic mass is 9.82. The average molecular weight is 399 g/mol. The van der Waals surface area contributed by atoms with E-state index >= 15 is 0 Å². The Morgan fingerprint density at radius 1 is 1.07 bits per heavy atom. The highest BCUT2D eigenvalue weighted by Gasteiger charge is 2.29. The first-order valence-corrected chi connectivity index (χ1v) is 10.1. The number of amidine groups is 1. The number of aliphatic imine (C=N–C) groups is 2. The van der Waals surface area contributed by atoms with Gasteiger partial charge in [-0.15, -0.1) is 0 Å². The van der Waals surface area contributed by atoms with Gasteiger partial charge in [0.2, 0.25) is 11.7 Å². The minimum atomic E-state index is 0.407. The summed E-state index contributed by atoms with van der Waals surface area (Å²) in [6, 6.07) is 7.36. The van der Waals surface area contributed by atoms with Crippen molar-refractivity contribution in [3.05, 3.63) is 57.6 Å². The number of aromatic nitrogens is 2. The Morgan fingerprint density at radius 2 is 1.81 bits per heavy atom. The van der Waals surface area contributed by atoms with Crippen molar-refractivity contribution in [3.8, 4) is 11.4 Å². The zero-order valence-electron chi connectivity index (χ0n) is 15.6. The van der Waals surface area contributed by atoms with Crippen molar-refractivity contribution >= 4 is 34.2 Å². The van der Waals surface area contributed by atoms with Crippen molar-refractivity contribution in [2.75, 3.05) is 0 Å². The largest absolute Gasteiger partial charge is 0.338 e. The van der Waals surface area contributed by atoms with Gasteiger partial charge in [0.1, 0.15) is 0 Å². The van der Waals surface area contributed by atoms with Crippen molar-refractivity contribution in [2.24, 2.45) is 15.9 Å². The summed E-state index contributed by atoms with van der Waals surface area (Å²) in [4.78, 5) is 13.9. The van der Waals surface area contributed by atoms with Gasteiger partial charge in [-0.2, -0.15) is 4.98 Å². The van der Waals surface area contributed by atoms with Gasteiger partial charge in [0.05, 0.1) is 17.2 Å². The maximum atomic E-state index is 5.92. The first kappa shape index (κ1) is 18.2. The molecule has 0 N–H and O–H groups in total. The van der Waals surface area contributed by atoms with Crippen molar-refractivity contribution < 1.29 is 4.52 Å². The van der Waals surface area contributed by atoms with E-state index in [0.29, 0.717) is 28.4 Å². The highest BCUT2D eigenvalue weighted by molar-refractivity contribution is 8.13. The topological polar surface area (TPSA) is 63.6 Å². The van der Waals surface area contributed by atoms with Gasteiger partial charge in [-0.1, -0.05) is 41.0 Å². The number of thioether (sulfide) groups is 1. The molecule has 1 unspecified atom stereocenters. The van der Waals surface area contributed by atoms with Gasteiger partial charge >= 0.3 is 0 Å². The van der Waals surface area contributed by atoms with Crippen LogP contribution in [0, 0.1) is 5.92 Å². The van der Waals surface area contributed by atoms with Crippen molar-refractivity contribution in [1.82, 2.24) is 10.1 Å². The van der Waals surface area contributed by atoms with Gasteiger partial charge < -0.3 is 4.52 Å². The number of allylic oxidation sites excluding steroid dienone is 3. The molecule has 1 aliphatic heterocycles. The standard InChI is InChI=1S/C20H19ClN4OS/c1-10-11(2)13(4)18-17(12(10)3)23-20(24-18)27-9-16-22-19(25-26-16)14-5-7-15(21)8-6-14/h5-8,10H,9H2,1-4H3. The summed E-state index contributed by atoms with van der Waals surface area (Å²) >= 11 is 7.43. The Kier molecular flexibility index (Phi) is 4.78. The lowest BCUT2D eigenvalue weighted by Gasteiger charge is -2.23. The van der Waals surface area contributed by atoms with E-state index in [4.69, 9.17) is 26.1 Å². The van der Waals surface area contributed by atoms with E-state index in [1.807, 2.05) is 24.3 Å². The second-order valence-corrected chi connectivity index (χ2v) is 8.10. The van der Waals surface area contributed by atoms with Crippen LogP contribution in [-0.4, -0.2) is 21.0 Å². The number of halogens is 1. The molecular formula is C20H19ClN4OS. The molecule has 2 aliphatic rings. The predicted octanol–water partition coefficient (Wildman–Crippen LogP) is 5.69. The number of benzene rings is 1. The number of hydrogen-bond acceptors (Lipinski definition) is 6. The molecule has 0 spiro atoms. The molecule has 0 saturated heterocycles. The molecular weight excluding hydrogens is 380 g/mol. The lowest BCUT2D eigenvalue weighted by Crippen LogP contribution is -2.16. The summed E-state index contributed by atoms with van der Waals surface area (Å²) in [5.41, 5.74) is 6.75. The number of fused-ring (bicyclic) bond motifs is 1. The molecule has 5 nitrogen and oxygen atoms in total. The van der Waals surface area contributed by atoms with E-state index in [9.17, 15) is 0 Å². The lowest BCUT2D eigenvalue weighted by molar-refractivity contribution is 0.392. The average Bonchev–Trinajstić information content (AvgIpc) is 3.31. The highest BCUT2D eigenvalue weighted by Crippen LogP contribution is 2.37. The summed E-state index contributed by atoms with van der Waals surface area (Å²) in [5.74, 6) is 2.03. The fourth-order valence-corrected chi connectivity index (χ4v) is 3.93. The van der Waals surface area contributed by atoms with E-state index in [1.165, 1.54) is 28.5 Å². The third kappa shape index (κ3) is 3.39. The van der Waals surface area contributed by atoms with Gasteiger partial charge in [0.15, 0.2) is 5.17 Å². The van der Waals surface area contributed by atoms with Crippen LogP contribution in [-0.2, 0) is 5.75 Å². The fraction of sp³-hybridized carbons (Fsp3) is 0.300. The molecule has 1 aromatic carbocycles. The molecule has 1 aromatic heterocycles. The van der Waals surface area contributed by atoms with Crippen LogP contribution in [0.5, 0.6) is 0 Å². The predicted molar refractivity (Wildman–Crippen MR) is 111 cm³/mol. The summed E-state index contributed by atoms with van der Waals surface area (Å²) in [5, 5.41) is 5.46. The third-order valence-corrected chi connectivity index (χ3v) is 6.24. The van der Waals surface area contributed by atoms with Crippen LogP contribution < -0.4 is 0 Å².